The number of nitriles is 2. The molecule has 0 atom stereocenters. The number of nitrogens with zero attached hydrogens (tertiary/aromatic N) is 2. The van der Waals surface area contributed by atoms with Crippen LogP contribution in [0.2, 0.25) is 0 Å². The lowest BCUT2D eigenvalue weighted by molar-refractivity contribution is 1.44. The zero-order chi connectivity index (χ0) is 11.3. The van der Waals surface area contributed by atoms with Crippen LogP contribution in [0.3, 0.4) is 0 Å². The van der Waals surface area contributed by atoms with Crippen LogP contribution >= 0.6 is 0 Å². The van der Waals surface area contributed by atoms with Gasteiger partial charge in [-0.2, -0.15) is 10.5 Å². The number of hydrogen-bond donors (Lipinski definition) is 0. The first-order valence-electron chi connectivity index (χ1n) is 4.45. The van der Waals surface area contributed by atoms with Crippen LogP contribution in [0.4, 0.5) is 0 Å². The number of hydrogen-bond acceptors (Lipinski definition) is 2. The average molecular weight is 194 g/mol. The third-order valence-corrected chi connectivity index (χ3v) is 1.85. The molecule has 0 bridgehead atoms. The Hall–Kier alpha value is -2.32. The Bertz CT molecular complexity index is 496. The maximum atomic E-state index is 8.86. The maximum absolute atomic E-state index is 8.86. The molecule has 2 heteroatoms. The highest BCUT2D eigenvalue weighted by Gasteiger charge is 1.99. The van der Waals surface area contributed by atoms with Crippen molar-refractivity contribution in [3.05, 3.63) is 53.1 Å². The van der Waals surface area contributed by atoms with Crippen LogP contribution in [0.15, 0.2) is 36.4 Å². The van der Waals surface area contributed by atoms with E-state index in [2.05, 4.69) is 12.6 Å². The van der Waals surface area contributed by atoms with Crippen molar-refractivity contribution >= 4 is 6.08 Å². The van der Waals surface area contributed by atoms with Gasteiger partial charge in [0, 0.05) is 0 Å². The lowest BCUT2D eigenvalue weighted by Gasteiger charge is -1.98. The minimum Gasteiger partial charge on any atom is -0.192 e. The molecule has 15 heavy (non-hydrogen) atoms. The van der Waals surface area contributed by atoms with Crippen molar-refractivity contribution in [3.8, 4) is 12.1 Å². The quantitative estimate of drug-likeness (QED) is 0.679. The molecule has 0 spiro atoms. The summed E-state index contributed by atoms with van der Waals surface area (Å²) in [7, 11) is 0. The Morgan fingerprint density at radius 3 is 2.60 bits per heavy atom. The van der Waals surface area contributed by atoms with E-state index >= 15 is 0 Å². The van der Waals surface area contributed by atoms with E-state index in [0.29, 0.717) is 11.1 Å². The fraction of sp³-hybridized carbons (Fsp3) is 0.0769. The van der Waals surface area contributed by atoms with Gasteiger partial charge in [0.25, 0.3) is 0 Å². The third-order valence-electron chi connectivity index (χ3n) is 1.85. The zero-order valence-electron chi connectivity index (χ0n) is 8.49. The molecule has 0 fully saturated rings. The average Bonchev–Trinajstić information content (AvgIpc) is 2.25. The molecule has 0 saturated heterocycles. The van der Waals surface area contributed by atoms with Crippen LogP contribution in [0.5, 0.6) is 0 Å². The monoisotopic (exact) mass is 194 g/mol. The van der Waals surface area contributed by atoms with Crippen molar-refractivity contribution in [2.45, 2.75) is 6.92 Å². The Morgan fingerprint density at radius 1 is 1.33 bits per heavy atom. The molecular weight excluding hydrogens is 184 g/mol. The maximum Gasteiger partial charge on any atom is 0.0997 e. The van der Waals surface area contributed by atoms with Gasteiger partial charge in [0.1, 0.15) is 0 Å². The van der Waals surface area contributed by atoms with Crippen molar-refractivity contribution in [2.75, 3.05) is 0 Å². The summed E-state index contributed by atoms with van der Waals surface area (Å²) in [6.07, 6.45) is 3.61. The van der Waals surface area contributed by atoms with Gasteiger partial charge in [-0.1, -0.05) is 24.3 Å². The van der Waals surface area contributed by atoms with Crippen LogP contribution in [-0.4, -0.2) is 0 Å². The summed E-state index contributed by atoms with van der Waals surface area (Å²) in [6.45, 7) is 5.61. The summed E-state index contributed by atoms with van der Waals surface area (Å²) < 4.78 is 0. The van der Waals surface area contributed by atoms with E-state index in [-0.39, 0.29) is 0 Å². The van der Waals surface area contributed by atoms with Crippen LogP contribution in [0.1, 0.15) is 23.6 Å². The molecule has 1 aromatic carbocycles. The van der Waals surface area contributed by atoms with Crippen molar-refractivity contribution in [1.82, 2.24) is 0 Å². The van der Waals surface area contributed by atoms with Gasteiger partial charge in [0.05, 0.1) is 23.3 Å². The molecule has 1 rings (SSSR count). The van der Waals surface area contributed by atoms with E-state index in [1.807, 2.05) is 19.1 Å². The zero-order valence-corrected chi connectivity index (χ0v) is 8.49. The summed E-state index contributed by atoms with van der Waals surface area (Å²) in [5.41, 5.74) is 2.77. The molecule has 0 aliphatic carbocycles. The van der Waals surface area contributed by atoms with E-state index in [1.165, 1.54) is 0 Å². The number of rotatable bonds is 2. The van der Waals surface area contributed by atoms with Crippen molar-refractivity contribution in [2.24, 2.45) is 0 Å². The van der Waals surface area contributed by atoms with Crippen LogP contribution in [-0.2, 0) is 0 Å². The van der Waals surface area contributed by atoms with Gasteiger partial charge < -0.3 is 0 Å². The summed E-state index contributed by atoms with van der Waals surface area (Å²) in [5.74, 6) is 0. The smallest absolute Gasteiger partial charge is 0.0997 e. The van der Waals surface area contributed by atoms with Gasteiger partial charge in [-0.05, 0) is 30.7 Å². The molecule has 0 saturated carbocycles. The lowest BCUT2D eigenvalue weighted by atomic mass is 10.0. The van der Waals surface area contributed by atoms with Gasteiger partial charge >= 0.3 is 0 Å². The normalized spacial score (nSPS) is 9.53. The molecule has 0 aliphatic heterocycles. The first-order chi connectivity index (χ1) is 7.17. The molecule has 0 radical (unpaired) electrons. The minimum absolute atomic E-state index is 0.551. The topological polar surface area (TPSA) is 47.6 Å². The van der Waals surface area contributed by atoms with E-state index < -0.39 is 0 Å². The Morgan fingerprint density at radius 2 is 2.07 bits per heavy atom. The molecule has 0 heterocycles. The van der Waals surface area contributed by atoms with Gasteiger partial charge in [-0.15, -0.1) is 0 Å². The molecule has 0 aromatic heterocycles. The summed E-state index contributed by atoms with van der Waals surface area (Å²) >= 11 is 0. The summed E-state index contributed by atoms with van der Waals surface area (Å²) in [5, 5.41) is 17.6. The largest absolute Gasteiger partial charge is 0.192 e. The van der Waals surface area contributed by atoms with Crippen LogP contribution < -0.4 is 0 Å². The van der Waals surface area contributed by atoms with E-state index in [1.54, 1.807) is 24.3 Å². The van der Waals surface area contributed by atoms with E-state index in [9.17, 15) is 0 Å². The van der Waals surface area contributed by atoms with Gasteiger partial charge in [0.2, 0.25) is 0 Å². The second-order valence-corrected chi connectivity index (χ2v) is 3.21. The molecular formula is C13H10N2. The van der Waals surface area contributed by atoms with E-state index in [0.717, 1.165) is 11.1 Å². The molecule has 0 unspecified atom stereocenters. The SMILES string of the molecule is C=C(C)C=Cc1cc(C#N)ccc1C#N. The highest BCUT2D eigenvalue weighted by atomic mass is 14.3. The van der Waals surface area contributed by atoms with Crippen molar-refractivity contribution < 1.29 is 0 Å². The molecule has 1 aromatic rings. The summed E-state index contributed by atoms with van der Waals surface area (Å²) in [6, 6.07) is 9.10. The second-order valence-electron chi connectivity index (χ2n) is 3.21. The third kappa shape index (κ3) is 2.83. The molecule has 0 N–H and O–H groups in total. The lowest BCUT2D eigenvalue weighted by Crippen LogP contribution is -1.84. The Labute approximate surface area is 89.4 Å². The van der Waals surface area contributed by atoms with Crippen molar-refractivity contribution in [3.63, 3.8) is 0 Å². The standard InChI is InChI=1S/C13H10N2/c1-10(2)3-5-12-7-11(8-14)4-6-13(12)9-15/h3-7H,1H2,2H3. The predicted molar refractivity (Wildman–Crippen MR) is 59.7 cm³/mol. The van der Waals surface area contributed by atoms with Crippen molar-refractivity contribution in [1.29, 1.82) is 10.5 Å². The molecule has 0 aliphatic rings. The van der Waals surface area contributed by atoms with Crippen LogP contribution in [0, 0.1) is 22.7 Å². The Balaban J connectivity index is 3.21. The minimum atomic E-state index is 0.551. The van der Waals surface area contributed by atoms with Gasteiger partial charge in [0.15, 0.2) is 0 Å². The molecule has 72 valence electrons. The molecule has 2 nitrogen and oxygen atoms in total. The van der Waals surface area contributed by atoms with Crippen LogP contribution in [0.25, 0.3) is 6.08 Å². The predicted octanol–water partition coefficient (Wildman–Crippen LogP) is 3.02. The second kappa shape index (κ2) is 4.79. The van der Waals surface area contributed by atoms with Gasteiger partial charge in [-0.25, -0.2) is 0 Å². The fourth-order valence-electron chi connectivity index (χ4n) is 1.10. The first-order valence-corrected chi connectivity index (χ1v) is 4.45. The Kier molecular flexibility index (Phi) is 3.43. The fourth-order valence-corrected chi connectivity index (χ4v) is 1.10. The van der Waals surface area contributed by atoms with E-state index in [4.69, 9.17) is 10.5 Å². The highest BCUT2D eigenvalue weighted by molar-refractivity contribution is 5.61. The first kappa shape index (κ1) is 10.8. The highest BCUT2D eigenvalue weighted by Crippen LogP contribution is 2.13. The molecule has 0 amide bonds. The number of benzene rings is 1. The summed E-state index contributed by atoms with van der Waals surface area (Å²) in [4.78, 5) is 0. The van der Waals surface area contributed by atoms with Gasteiger partial charge in [-0.3, -0.25) is 0 Å². The number of allylic oxidation sites excluding steroid dienone is 2.